The number of piperidine rings is 1. The van der Waals surface area contributed by atoms with Crippen LogP contribution in [0, 0.1) is 5.92 Å². The van der Waals surface area contributed by atoms with Crippen LogP contribution in [0.2, 0.25) is 0 Å². The lowest BCUT2D eigenvalue weighted by Gasteiger charge is -2.31. The van der Waals surface area contributed by atoms with E-state index in [-0.39, 0.29) is 11.8 Å². The average molecular weight is 253 g/mol. The van der Waals surface area contributed by atoms with Crippen molar-refractivity contribution in [2.75, 3.05) is 39.3 Å². The highest BCUT2D eigenvalue weighted by Gasteiger charge is 2.29. The Labute approximate surface area is 108 Å². The second-order valence-electron chi connectivity index (χ2n) is 5.37. The molecule has 102 valence electrons. The van der Waals surface area contributed by atoms with Gasteiger partial charge in [-0.3, -0.25) is 9.59 Å². The summed E-state index contributed by atoms with van der Waals surface area (Å²) in [6, 6.07) is 0. The van der Waals surface area contributed by atoms with Crippen molar-refractivity contribution in [3.8, 4) is 0 Å². The Morgan fingerprint density at radius 3 is 2.22 bits per heavy atom. The van der Waals surface area contributed by atoms with Crippen molar-refractivity contribution in [2.45, 2.75) is 26.2 Å². The molecule has 0 aromatic carbocycles. The highest BCUT2D eigenvalue weighted by molar-refractivity contribution is 6.34. The first-order valence-electron chi connectivity index (χ1n) is 6.97. The molecule has 2 aliphatic heterocycles. The second-order valence-corrected chi connectivity index (χ2v) is 5.37. The zero-order chi connectivity index (χ0) is 13.0. The Balaban J connectivity index is 1.89. The van der Waals surface area contributed by atoms with Crippen LogP contribution in [-0.4, -0.2) is 60.9 Å². The number of amides is 2. The summed E-state index contributed by atoms with van der Waals surface area (Å²) in [6.45, 7) is 6.73. The molecule has 18 heavy (non-hydrogen) atoms. The van der Waals surface area contributed by atoms with E-state index >= 15 is 0 Å². The molecule has 5 heteroatoms. The van der Waals surface area contributed by atoms with E-state index in [1.807, 2.05) is 0 Å². The van der Waals surface area contributed by atoms with E-state index in [0.29, 0.717) is 19.0 Å². The number of nitrogens with one attached hydrogen (secondary N) is 1. The zero-order valence-corrected chi connectivity index (χ0v) is 11.2. The van der Waals surface area contributed by atoms with E-state index in [4.69, 9.17) is 0 Å². The van der Waals surface area contributed by atoms with Crippen molar-refractivity contribution in [2.24, 2.45) is 5.92 Å². The molecule has 0 saturated carbocycles. The molecular formula is C13H23N3O2. The number of rotatable bonds is 0. The number of nitrogens with zero attached hydrogens (tertiary/aromatic N) is 2. The average Bonchev–Trinajstić information content (AvgIpc) is 2.67. The number of likely N-dealkylation sites (tertiary alicyclic amines) is 1. The minimum Gasteiger partial charge on any atom is -0.334 e. The molecule has 2 aliphatic rings. The summed E-state index contributed by atoms with van der Waals surface area (Å²) in [5.74, 6) is 0.0589. The summed E-state index contributed by atoms with van der Waals surface area (Å²) in [5.41, 5.74) is 0. The van der Waals surface area contributed by atoms with E-state index in [2.05, 4.69) is 12.2 Å². The van der Waals surface area contributed by atoms with Gasteiger partial charge in [-0.25, -0.2) is 0 Å². The molecule has 5 nitrogen and oxygen atoms in total. The molecule has 0 spiro atoms. The largest absolute Gasteiger partial charge is 0.334 e. The van der Waals surface area contributed by atoms with Gasteiger partial charge in [0.25, 0.3) is 0 Å². The van der Waals surface area contributed by atoms with Gasteiger partial charge in [-0.15, -0.1) is 0 Å². The first-order chi connectivity index (χ1) is 8.68. The summed E-state index contributed by atoms with van der Waals surface area (Å²) < 4.78 is 0. The van der Waals surface area contributed by atoms with Gasteiger partial charge in [0.15, 0.2) is 0 Å². The standard InChI is InChI=1S/C13H23N3O2/c1-11-3-8-16(9-4-11)13(18)12(17)15-7-2-5-14-6-10-15/h11,14H,2-10H2,1H3. The van der Waals surface area contributed by atoms with E-state index in [9.17, 15) is 9.59 Å². The van der Waals surface area contributed by atoms with Gasteiger partial charge >= 0.3 is 11.8 Å². The van der Waals surface area contributed by atoms with Crippen molar-refractivity contribution in [1.82, 2.24) is 15.1 Å². The van der Waals surface area contributed by atoms with Crippen molar-refractivity contribution in [3.63, 3.8) is 0 Å². The maximum Gasteiger partial charge on any atom is 0.312 e. The normalized spacial score (nSPS) is 22.7. The highest BCUT2D eigenvalue weighted by Crippen LogP contribution is 2.16. The Morgan fingerprint density at radius 1 is 0.944 bits per heavy atom. The molecule has 2 heterocycles. The van der Waals surface area contributed by atoms with Crippen molar-refractivity contribution < 1.29 is 9.59 Å². The molecule has 0 aromatic rings. The van der Waals surface area contributed by atoms with Crippen molar-refractivity contribution in [1.29, 1.82) is 0 Å². The monoisotopic (exact) mass is 253 g/mol. The Kier molecular flexibility index (Phi) is 4.58. The lowest BCUT2D eigenvalue weighted by molar-refractivity contribution is -0.152. The number of hydrogen-bond acceptors (Lipinski definition) is 3. The maximum atomic E-state index is 12.1. The molecule has 2 saturated heterocycles. The van der Waals surface area contributed by atoms with Gasteiger partial charge < -0.3 is 15.1 Å². The summed E-state index contributed by atoms with van der Waals surface area (Å²) in [4.78, 5) is 27.7. The highest BCUT2D eigenvalue weighted by atomic mass is 16.2. The molecule has 2 amide bonds. The molecule has 0 bridgehead atoms. The summed E-state index contributed by atoms with van der Waals surface area (Å²) in [6.07, 6.45) is 2.96. The molecule has 1 N–H and O–H groups in total. The van der Waals surface area contributed by atoms with Crippen molar-refractivity contribution >= 4 is 11.8 Å². The molecule has 2 rings (SSSR count). The van der Waals surface area contributed by atoms with Crippen LogP contribution in [0.1, 0.15) is 26.2 Å². The first-order valence-corrected chi connectivity index (χ1v) is 6.97. The van der Waals surface area contributed by atoms with Gasteiger partial charge in [-0.05, 0) is 31.7 Å². The predicted molar refractivity (Wildman–Crippen MR) is 69.0 cm³/mol. The van der Waals surface area contributed by atoms with Gasteiger partial charge in [0, 0.05) is 32.7 Å². The first kappa shape index (κ1) is 13.3. The van der Waals surface area contributed by atoms with Crippen LogP contribution in [0.3, 0.4) is 0 Å². The van der Waals surface area contributed by atoms with Crippen LogP contribution in [0.4, 0.5) is 0 Å². The number of carbonyl (C=O) groups is 2. The minimum atomic E-state index is -0.312. The topological polar surface area (TPSA) is 52.7 Å². The molecule has 0 aliphatic carbocycles. The fourth-order valence-electron chi connectivity index (χ4n) is 2.53. The summed E-state index contributed by atoms with van der Waals surface area (Å²) >= 11 is 0. The molecule has 2 fully saturated rings. The minimum absolute atomic E-state index is 0.302. The quantitative estimate of drug-likeness (QED) is 0.621. The van der Waals surface area contributed by atoms with E-state index < -0.39 is 0 Å². The van der Waals surface area contributed by atoms with Crippen LogP contribution in [0.25, 0.3) is 0 Å². The van der Waals surface area contributed by atoms with Crippen LogP contribution >= 0.6 is 0 Å². The van der Waals surface area contributed by atoms with Gasteiger partial charge in [0.2, 0.25) is 0 Å². The number of hydrogen-bond donors (Lipinski definition) is 1. The molecule has 0 unspecified atom stereocenters. The fraction of sp³-hybridized carbons (Fsp3) is 0.846. The van der Waals surface area contributed by atoms with Gasteiger partial charge in [0.1, 0.15) is 0 Å². The smallest absolute Gasteiger partial charge is 0.312 e. The van der Waals surface area contributed by atoms with Crippen LogP contribution in [0.15, 0.2) is 0 Å². The van der Waals surface area contributed by atoms with Crippen LogP contribution in [-0.2, 0) is 9.59 Å². The molecule has 0 radical (unpaired) electrons. The third-order valence-electron chi connectivity index (χ3n) is 3.88. The van der Waals surface area contributed by atoms with E-state index in [0.717, 1.165) is 45.4 Å². The molecule has 0 atom stereocenters. The summed E-state index contributed by atoms with van der Waals surface area (Å²) in [5, 5.41) is 3.24. The van der Waals surface area contributed by atoms with Crippen LogP contribution in [0.5, 0.6) is 0 Å². The van der Waals surface area contributed by atoms with Crippen LogP contribution < -0.4 is 5.32 Å². The van der Waals surface area contributed by atoms with Crippen molar-refractivity contribution in [3.05, 3.63) is 0 Å². The third kappa shape index (κ3) is 3.22. The molecular weight excluding hydrogens is 230 g/mol. The van der Waals surface area contributed by atoms with E-state index in [1.165, 1.54) is 0 Å². The predicted octanol–water partition coefficient (Wildman–Crippen LogP) is 0.0668. The lowest BCUT2D eigenvalue weighted by atomic mass is 9.99. The Hall–Kier alpha value is -1.10. The SMILES string of the molecule is CC1CCN(C(=O)C(=O)N2CCCNCC2)CC1. The lowest BCUT2D eigenvalue weighted by Crippen LogP contribution is -2.48. The summed E-state index contributed by atoms with van der Waals surface area (Å²) in [7, 11) is 0. The third-order valence-corrected chi connectivity index (χ3v) is 3.88. The van der Waals surface area contributed by atoms with Gasteiger partial charge in [0.05, 0.1) is 0 Å². The van der Waals surface area contributed by atoms with Gasteiger partial charge in [-0.1, -0.05) is 6.92 Å². The Bertz CT molecular complexity index is 303. The second kappa shape index (κ2) is 6.18. The van der Waals surface area contributed by atoms with E-state index in [1.54, 1.807) is 9.80 Å². The Morgan fingerprint density at radius 2 is 1.56 bits per heavy atom. The maximum absolute atomic E-state index is 12.1. The number of carbonyl (C=O) groups excluding carboxylic acids is 2. The van der Waals surface area contributed by atoms with Gasteiger partial charge in [-0.2, -0.15) is 0 Å². The molecule has 0 aromatic heterocycles. The zero-order valence-electron chi connectivity index (χ0n) is 11.2. The fourth-order valence-corrected chi connectivity index (χ4v) is 2.53.